The minimum absolute atomic E-state index is 0.397. The molecule has 3 aromatic rings. The summed E-state index contributed by atoms with van der Waals surface area (Å²) in [4.78, 5) is 23.0. The molecule has 0 bridgehead atoms. The lowest BCUT2D eigenvalue weighted by Crippen LogP contribution is -2.04. The molecule has 110 valence electrons. The third kappa shape index (κ3) is 2.51. The fourth-order valence-corrected chi connectivity index (χ4v) is 2.46. The van der Waals surface area contributed by atoms with Crippen LogP contribution in [0.2, 0.25) is 0 Å². The Bertz CT molecular complexity index is 908. The third-order valence-electron chi connectivity index (χ3n) is 3.45. The zero-order chi connectivity index (χ0) is 15.7. The van der Waals surface area contributed by atoms with Crippen molar-refractivity contribution in [3.63, 3.8) is 0 Å². The van der Waals surface area contributed by atoms with Gasteiger partial charge >= 0.3 is 11.6 Å². The van der Waals surface area contributed by atoms with E-state index in [4.69, 9.17) is 9.15 Å². The van der Waals surface area contributed by atoms with Gasteiger partial charge in [0.05, 0.1) is 0 Å². The van der Waals surface area contributed by atoms with Gasteiger partial charge in [0, 0.05) is 23.9 Å². The SMILES string of the molecule is CC(=O)Oc1ccc2c(-c3ccccc3)cc(=O)oc2c1C. The molecular weight excluding hydrogens is 280 g/mol. The van der Waals surface area contributed by atoms with Crippen LogP contribution >= 0.6 is 0 Å². The highest BCUT2D eigenvalue weighted by molar-refractivity contribution is 5.95. The normalized spacial score (nSPS) is 10.6. The Morgan fingerprint density at radius 1 is 1.09 bits per heavy atom. The zero-order valence-corrected chi connectivity index (χ0v) is 12.3. The summed E-state index contributed by atoms with van der Waals surface area (Å²) >= 11 is 0. The number of rotatable bonds is 2. The summed E-state index contributed by atoms with van der Waals surface area (Å²) in [5.74, 6) is -0.0163. The largest absolute Gasteiger partial charge is 0.426 e. The summed E-state index contributed by atoms with van der Waals surface area (Å²) in [7, 11) is 0. The van der Waals surface area contributed by atoms with Gasteiger partial charge in [0.25, 0.3) is 0 Å². The van der Waals surface area contributed by atoms with Crippen molar-refractivity contribution < 1.29 is 13.9 Å². The van der Waals surface area contributed by atoms with Crippen LogP contribution in [-0.4, -0.2) is 5.97 Å². The smallest absolute Gasteiger partial charge is 0.336 e. The van der Waals surface area contributed by atoms with Crippen molar-refractivity contribution in [2.75, 3.05) is 0 Å². The van der Waals surface area contributed by atoms with Crippen molar-refractivity contribution in [1.29, 1.82) is 0 Å². The number of fused-ring (bicyclic) bond motifs is 1. The van der Waals surface area contributed by atoms with Gasteiger partial charge in [-0.05, 0) is 30.2 Å². The molecule has 0 aliphatic heterocycles. The minimum atomic E-state index is -0.436. The molecule has 0 aliphatic carbocycles. The fourth-order valence-electron chi connectivity index (χ4n) is 2.46. The second-order valence-electron chi connectivity index (χ2n) is 5.00. The Morgan fingerprint density at radius 2 is 1.82 bits per heavy atom. The maximum Gasteiger partial charge on any atom is 0.336 e. The van der Waals surface area contributed by atoms with E-state index in [-0.39, 0.29) is 0 Å². The van der Waals surface area contributed by atoms with Gasteiger partial charge in [0.2, 0.25) is 0 Å². The van der Waals surface area contributed by atoms with Gasteiger partial charge in [-0.15, -0.1) is 0 Å². The summed E-state index contributed by atoms with van der Waals surface area (Å²) in [6, 6.07) is 14.6. The zero-order valence-electron chi connectivity index (χ0n) is 12.3. The van der Waals surface area contributed by atoms with Crippen molar-refractivity contribution in [2.45, 2.75) is 13.8 Å². The number of carbonyl (C=O) groups excluding carboxylic acids is 1. The molecule has 1 heterocycles. The van der Waals surface area contributed by atoms with Gasteiger partial charge in [-0.25, -0.2) is 4.79 Å². The molecule has 0 N–H and O–H groups in total. The quantitative estimate of drug-likeness (QED) is 0.411. The Morgan fingerprint density at radius 3 is 2.50 bits per heavy atom. The maximum atomic E-state index is 11.9. The molecule has 0 amide bonds. The van der Waals surface area contributed by atoms with Crippen molar-refractivity contribution >= 4 is 16.9 Å². The molecule has 2 aromatic carbocycles. The van der Waals surface area contributed by atoms with Crippen LogP contribution in [0.3, 0.4) is 0 Å². The van der Waals surface area contributed by atoms with Crippen LogP contribution in [0.5, 0.6) is 5.75 Å². The van der Waals surface area contributed by atoms with E-state index in [0.717, 1.165) is 16.5 Å². The van der Waals surface area contributed by atoms with E-state index in [0.29, 0.717) is 16.9 Å². The van der Waals surface area contributed by atoms with Crippen LogP contribution in [0.25, 0.3) is 22.1 Å². The molecule has 0 aliphatic rings. The van der Waals surface area contributed by atoms with E-state index < -0.39 is 11.6 Å². The number of benzene rings is 2. The van der Waals surface area contributed by atoms with Crippen LogP contribution in [0.15, 0.2) is 57.7 Å². The van der Waals surface area contributed by atoms with Gasteiger partial charge in [-0.1, -0.05) is 30.3 Å². The van der Waals surface area contributed by atoms with Crippen LogP contribution in [0.4, 0.5) is 0 Å². The number of ether oxygens (including phenoxy) is 1. The van der Waals surface area contributed by atoms with Gasteiger partial charge < -0.3 is 9.15 Å². The van der Waals surface area contributed by atoms with Gasteiger partial charge in [-0.3, -0.25) is 4.79 Å². The average molecular weight is 294 g/mol. The molecule has 0 spiro atoms. The molecule has 1 aromatic heterocycles. The van der Waals surface area contributed by atoms with E-state index in [1.54, 1.807) is 19.1 Å². The monoisotopic (exact) mass is 294 g/mol. The first-order chi connectivity index (χ1) is 10.6. The highest BCUT2D eigenvalue weighted by Gasteiger charge is 2.13. The molecule has 4 nitrogen and oxygen atoms in total. The van der Waals surface area contributed by atoms with Gasteiger partial charge in [-0.2, -0.15) is 0 Å². The fraction of sp³-hybridized carbons (Fsp3) is 0.111. The number of carbonyl (C=O) groups is 1. The lowest BCUT2D eigenvalue weighted by Gasteiger charge is -2.10. The number of hydrogen-bond donors (Lipinski definition) is 0. The van der Waals surface area contributed by atoms with Crippen LogP contribution < -0.4 is 10.4 Å². The summed E-state index contributed by atoms with van der Waals surface area (Å²) in [6.45, 7) is 3.10. The Balaban J connectivity index is 2.30. The van der Waals surface area contributed by atoms with E-state index in [1.165, 1.54) is 13.0 Å². The van der Waals surface area contributed by atoms with Crippen LogP contribution in [0, 0.1) is 6.92 Å². The molecular formula is C18H14O4. The molecule has 0 fully saturated rings. The number of aryl methyl sites for hydroxylation is 1. The second kappa shape index (κ2) is 5.48. The summed E-state index contributed by atoms with van der Waals surface area (Å²) in [5.41, 5.74) is 2.35. The summed E-state index contributed by atoms with van der Waals surface area (Å²) in [6.07, 6.45) is 0. The molecule has 3 rings (SSSR count). The van der Waals surface area contributed by atoms with E-state index in [9.17, 15) is 9.59 Å². The van der Waals surface area contributed by atoms with Crippen molar-refractivity contribution in [3.8, 4) is 16.9 Å². The Labute approximate surface area is 127 Å². The minimum Gasteiger partial charge on any atom is -0.426 e. The first-order valence-electron chi connectivity index (χ1n) is 6.87. The lowest BCUT2D eigenvalue weighted by molar-refractivity contribution is -0.131. The van der Waals surface area contributed by atoms with Crippen LogP contribution in [0.1, 0.15) is 12.5 Å². The molecule has 0 atom stereocenters. The van der Waals surface area contributed by atoms with Gasteiger partial charge in [0.1, 0.15) is 11.3 Å². The number of hydrogen-bond acceptors (Lipinski definition) is 4. The molecule has 0 saturated carbocycles. The lowest BCUT2D eigenvalue weighted by atomic mass is 10.0. The second-order valence-corrected chi connectivity index (χ2v) is 5.00. The summed E-state index contributed by atoms with van der Waals surface area (Å²) in [5, 5.41) is 0.805. The van der Waals surface area contributed by atoms with Crippen LogP contribution in [-0.2, 0) is 4.79 Å². The average Bonchev–Trinajstić information content (AvgIpc) is 2.50. The third-order valence-corrected chi connectivity index (χ3v) is 3.45. The maximum absolute atomic E-state index is 11.9. The molecule has 4 heteroatoms. The topological polar surface area (TPSA) is 56.5 Å². The highest BCUT2D eigenvalue weighted by Crippen LogP contribution is 2.32. The van der Waals surface area contributed by atoms with E-state index >= 15 is 0 Å². The predicted octanol–water partition coefficient (Wildman–Crippen LogP) is 3.69. The van der Waals surface area contributed by atoms with Gasteiger partial charge in [0.15, 0.2) is 0 Å². The Hall–Kier alpha value is -2.88. The standard InChI is InChI=1S/C18H14O4/c1-11-16(21-12(2)19)9-8-14-15(10-17(20)22-18(11)14)13-6-4-3-5-7-13/h3-10H,1-2H3. The molecule has 0 saturated heterocycles. The summed E-state index contributed by atoms with van der Waals surface area (Å²) < 4.78 is 10.5. The van der Waals surface area contributed by atoms with E-state index in [2.05, 4.69) is 0 Å². The predicted molar refractivity (Wildman–Crippen MR) is 84.0 cm³/mol. The molecule has 0 radical (unpaired) electrons. The first-order valence-corrected chi connectivity index (χ1v) is 6.87. The highest BCUT2D eigenvalue weighted by atomic mass is 16.5. The number of esters is 1. The Kier molecular flexibility index (Phi) is 3.51. The van der Waals surface area contributed by atoms with Crippen molar-refractivity contribution in [3.05, 3.63) is 64.5 Å². The molecule has 0 unspecified atom stereocenters. The molecule has 22 heavy (non-hydrogen) atoms. The van der Waals surface area contributed by atoms with Crippen molar-refractivity contribution in [2.24, 2.45) is 0 Å². The van der Waals surface area contributed by atoms with Crippen molar-refractivity contribution in [1.82, 2.24) is 0 Å². The first kappa shape index (κ1) is 14.1. The van der Waals surface area contributed by atoms with E-state index in [1.807, 2.05) is 30.3 Å².